The largest absolute Gasteiger partial charge is 1.00 e. The highest BCUT2D eigenvalue weighted by Crippen LogP contribution is 2.26. The zero-order valence-corrected chi connectivity index (χ0v) is 10.7. The number of ether oxygens (including phenoxy) is 1. The average Bonchev–Trinajstić information content (AvgIpc) is 2.18. The van der Waals surface area contributed by atoms with Crippen LogP contribution in [0.5, 0.6) is 5.75 Å². The first-order valence-electron chi connectivity index (χ1n) is 4.46. The van der Waals surface area contributed by atoms with Crippen LogP contribution in [0, 0.1) is 0 Å². The molecule has 86 valence electrons. The van der Waals surface area contributed by atoms with Crippen LogP contribution >= 0.6 is 23.2 Å². The zero-order chi connectivity index (χ0) is 10.4. The molecule has 0 spiro atoms. The van der Waals surface area contributed by atoms with E-state index in [0.29, 0.717) is 16.7 Å². The molecule has 0 saturated carbocycles. The van der Waals surface area contributed by atoms with E-state index in [1.54, 1.807) is 12.1 Å². The zero-order valence-electron chi connectivity index (χ0n) is 8.40. The first-order valence-corrected chi connectivity index (χ1v) is 5.22. The summed E-state index contributed by atoms with van der Waals surface area (Å²) in [5, 5.41) is 4.12. The van der Waals surface area contributed by atoms with Crippen molar-refractivity contribution in [1.82, 2.24) is 5.32 Å². The van der Waals surface area contributed by atoms with E-state index < -0.39 is 0 Å². The normalized spacial score (nSPS) is 9.53. The van der Waals surface area contributed by atoms with Crippen molar-refractivity contribution in [2.24, 2.45) is 0 Å². The Labute approximate surface area is 106 Å². The fourth-order valence-electron chi connectivity index (χ4n) is 1.01. The first-order chi connectivity index (χ1) is 6.74. The van der Waals surface area contributed by atoms with Gasteiger partial charge in [0, 0.05) is 6.07 Å². The van der Waals surface area contributed by atoms with Gasteiger partial charge in [-0.25, -0.2) is 0 Å². The standard InChI is InChI=1S/C10H13Cl2NO.ClH/c1-13-5-2-6-14-8-3-4-9(11)10(12)7-8;/h3-4,7,13H,2,5-6H2,1H3;1H/p-1. The van der Waals surface area contributed by atoms with E-state index >= 15 is 0 Å². The van der Waals surface area contributed by atoms with E-state index in [-0.39, 0.29) is 12.4 Å². The van der Waals surface area contributed by atoms with Crippen LogP contribution in [0.4, 0.5) is 0 Å². The summed E-state index contributed by atoms with van der Waals surface area (Å²) in [5.74, 6) is 0.760. The Hall–Kier alpha value is -0.150. The lowest BCUT2D eigenvalue weighted by Gasteiger charge is -2.06. The molecule has 1 aromatic carbocycles. The third-order valence-corrected chi connectivity index (χ3v) is 2.47. The number of rotatable bonds is 5. The average molecular weight is 270 g/mol. The minimum absolute atomic E-state index is 0. The van der Waals surface area contributed by atoms with Gasteiger partial charge in [0.05, 0.1) is 16.7 Å². The van der Waals surface area contributed by atoms with Crippen LogP contribution in [-0.2, 0) is 0 Å². The quantitative estimate of drug-likeness (QED) is 0.759. The van der Waals surface area contributed by atoms with Gasteiger partial charge in [-0.2, -0.15) is 0 Å². The lowest BCUT2D eigenvalue weighted by molar-refractivity contribution is -0.00000326. The predicted molar refractivity (Wildman–Crippen MR) is 60.5 cm³/mol. The summed E-state index contributed by atoms with van der Waals surface area (Å²) >= 11 is 11.6. The molecule has 0 aliphatic heterocycles. The van der Waals surface area contributed by atoms with Gasteiger partial charge in [0.25, 0.3) is 0 Å². The molecule has 0 radical (unpaired) electrons. The van der Waals surface area contributed by atoms with E-state index in [1.807, 2.05) is 13.1 Å². The lowest BCUT2D eigenvalue weighted by atomic mass is 10.3. The van der Waals surface area contributed by atoms with Gasteiger partial charge in [0.15, 0.2) is 0 Å². The Bertz CT molecular complexity index is 294. The van der Waals surface area contributed by atoms with Crippen molar-refractivity contribution in [2.45, 2.75) is 6.42 Å². The van der Waals surface area contributed by atoms with Crippen LogP contribution < -0.4 is 22.5 Å². The molecule has 5 heteroatoms. The molecule has 2 nitrogen and oxygen atoms in total. The molecular weight excluding hydrogens is 256 g/mol. The molecular formula is C10H13Cl3NO-. The smallest absolute Gasteiger partial charge is 0.120 e. The van der Waals surface area contributed by atoms with E-state index in [1.165, 1.54) is 0 Å². The SMILES string of the molecule is CNCCCOc1ccc(Cl)c(Cl)c1.[Cl-]. The second kappa shape index (κ2) is 8.05. The van der Waals surface area contributed by atoms with Gasteiger partial charge in [-0.05, 0) is 32.1 Å². The topological polar surface area (TPSA) is 21.3 Å². The van der Waals surface area contributed by atoms with Gasteiger partial charge in [-0.3, -0.25) is 0 Å². The Kier molecular flexibility index (Phi) is 7.97. The van der Waals surface area contributed by atoms with Crippen molar-refractivity contribution in [2.75, 3.05) is 20.2 Å². The molecule has 0 amide bonds. The van der Waals surface area contributed by atoms with Crippen molar-refractivity contribution >= 4 is 23.2 Å². The van der Waals surface area contributed by atoms with Crippen LogP contribution in [0.15, 0.2) is 18.2 Å². The van der Waals surface area contributed by atoms with E-state index in [9.17, 15) is 0 Å². The summed E-state index contributed by atoms with van der Waals surface area (Å²) in [7, 11) is 1.92. The van der Waals surface area contributed by atoms with Crippen molar-refractivity contribution < 1.29 is 17.1 Å². The molecule has 1 N–H and O–H groups in total. The Morgan fingerprint density at radius 3 is 2.60 bits per heavy atom. The first kappa shape index (κ1) is 14.8. The van der Waals surface area contributed by atoms with Crippen LogP contribution in [0.2, 0.25) is 10.0 Å². The highest BCUT2D eigenvalue weighted by Gasteiger charge is 1.99. The molecule has 15 heavy (non-hydrogen) atoms. The Morgan fingerprint density at radius 2 is 2.00 bits per heavy atom. The molecule has 1 aromatic rings. The van der Waals surface area contributed by atoms with Crippen LogP contribution in [0.1, 0.15) is 6.42 Å². The number of nitrogens with one attached hydrogen (secondary N) is 1. The summed E-state index contributed by atoms with van der Waals surface area (Å²) in [6, 6.07) is 5.27. The predicted octanol–water partition coefficient (Wildman–Crippen LogP) is -0.0143. The van der Waals surface area contributed by atoms with Gasteiger partial charge in [-0.1, -0.05) is 23.2 Å². The fraction of sp³-hybridized carbons (Fsp3) is 0.400. The fourth-order valence-corrected chi connectivity index (χ4v) is 1.29. The van der Waals surface area contributed by atoms with E-state index in [2.05, 4.69) is 5.32 Å². The molecule has 0 aliphatic carbocycles. The molecule has 0 atom stereocenters. The molecule has 0 unspecified atom stereocenters. The summed E-state index contributed by atoms with van der Waals surface area (Å²) in [6.07, 6.45) is 0.969. The lowest BCUT2D eigenvalue weighted by Crippen LogP contribution is -3.00. The van der Waals surface area contributed by atoms with Crippen molar-refractivity contribution in [3.63, 3.8) is 0 Å². The Balaban J connectivity index is 0.00000196. The maximum absolute atomic E-state index is 5.83. The highest BCUT2D eigenvalue weighted by molar-refractivity contribution is 6.42. The van der Waals surface area contributed by atoms with Gasteiger partial charge >= 0.3 is 0 Å². The van der Waals surface area contributed by atoms with Gasteiger partial charge in [-0.15, -0.1) is 0 Å². The van der Waals surface area contributed by atoms with Gasteiger partial charge in [0.2, 0.25) is 0 Å². The molecule has 1 rings (SSSR count). The molecule has 0 heterocycles. The third kappa shape index (κ3) is 5.47. The molecule has 0 fully saturated rings. The second-order valence-electron chi connectivity index (χ2n) is 2.88. The summed E-state index contributed by atoms with van der Waals surface area (Å²) in [6.45, 7) is 1.63. The van der Waals surface area contributed by atoms with Crippen LogP contribution in [0.3, 0.4) is 0 Å². The molecule has 0 bridgehead atoms. The van der Waals surface area contributed by atoms with Crippen LogP contribution in [0.25, 0.3) is 0 Å². The van der Waals surface area contributed by atoms with E-state index in [0.717, 1.165) is 18.7 Å². The third-order valence-electron chi connectivity index (χ3n) is 1.73. The van der Waals surface area contributed by atoms with Crippen molar-refractivity contribution in [3.8, 4) is 5.75 Å². The van der Waals surface area contributed by atoms with Crippen molar-refractivity contribution in [3.05, 3.63) is 28.2 Å². The van der Waals surface area contributed by atoms with E-state index in [4.69, 9.17) is 27.9 Å². The maximum atomic E-state index is 5.83. The molecule has 0 aromatic heterocycles. The minimum Gasteiger partial charge on any atom is -1.00 e. The van der Waals surface area contributed by atoms with Gasteiger partial charge in [0.1, 0.15) is 5.75 Å². The molecule has 0 aliphatic rings. The highest BCUT2D eigenvalue weighted by atomic mass is 35.5. The minimum atomic E-state index is 0. The van der Waals surface area contributed by atoms with Crippen molar-refractivity contribution in [1.29, 1.82) is 0 Å². The summed E-state index contributed by atoms with van der Waals surface area (Å²) < 4.78 is 5.46. The number of hydrogen-bond acceptors (Lipinski definition) is 2. The van der Waals surface area contributed by atoms with Gasteiger partial charge < -0.3 is 22.5 Å². The number of halogens is 3. The maximum Gasteiger partial charge on any atom is 0.120 e. The number of hydrogen-bond donors (Lipinski definition) is 1. The monoisotopic (exact) mass is 268 g/mol. The molecule has 0 saturated heterocycles. The summed E-state index contributed by atoms with van der Waals surface area (Å²) in [5.41, 5.74) is 0. The summed E-state index contributed by atoms with van der Waals surface area (Å²) in [4.78, 5) is 0. The number of benzene rings is 1. The Morgan fingerprint density at radius 1 is 1.27 bits per heavy atom. The van der Waals surface area contributed by atoms with Crippen LogP contribution in [-0.4, -0.2) is 20.2 Å². The second-order valence-corrected chi connectivity index (χ2v) is 3.70.